The van der Waals surface area contributed by atoms with E-state index in [0.717, 1.165) is 22.1 Å². The van der Waals surface area contributed by atoms with Gasteiger partial charge in [0.2, 0.25) is 15.9 Å². The molecule has 4 rings (SSSR count). The third-order valence-electron chi connectivity index (χ3n) is 6.15. The summed E-state index contributed by atoms with van der Waals surface area (Å²) < 4.78 is 33.2. The molecule has 1 atom stereocenters. The summed E-state index contributed by atoms with van der Waals surface area (Å²) in [6, 6.07) is 20.3. The van der Waals surface area contributed by atoms with Crippen molar-refractivity contribution in [1.82, 2.24) is 9.62 Å². The molecule has 1 aliphatic rings. The third-order valence-corrected chi connectivity index (χ3v) is 8.04. The SMILES string of the molecule is COc1ccccc1[C@@H](C)NC(=O)C1CCN(S(=O)(=O)c2ccc3ccccc3c2)CC1. The van der Waals surface area contributed by atoms with Crippen LogP contribution in [0.4, 0.5) is 0 Å². The average Bonchev–Trinajstić information content (AvgIpc) is 2.83. The number of rotatable bonds is 6. The van der Waals surface area contributed by atoms with Crippen molar-refractivity contribution < 1.29 is 17.9 Å². The topological polar surface area (TPSA) is 75.7 Å². The number of nitrogens with zero attached hydrogens (tertiary/aromatic N) is 1. The van der Waals surface area contributed by atoms with E-state index in [1.807, 2.05) is 61.5 Å². The summed E-state index contributed by atoms with van der Waals surface area (Å²) in [5.41, 5.74) is 0.916. The number of hydrogen-bond acceptors (Lipinski definition) is 4. The number of piperidine rings is 1. The second kappa shape index (κ2) is 9.30. The highest BCUT2D eigenvalue weighted by Crippen LogP contribution is 2.28. The molecule has 6 nitrogen and oxygen atoms in total. The Labute approximate surface area is 189 Å². The van der Waals surface area contributed by atoms with Crippen LogP contribution in [0.2, 0.25) is 0 Å². The summed E-state index contributed by atoms with van der Waals surface area (Å²) >= 11 is 0. The Hall–Kier alpha value is -2.90. The normalized spacial score (nSPS) is 16.6. The first kappa shape index (κ1) is 22.3. The number of nitrogens with one attached hydrogen (secondary N) is 1. The van der Waals surface area contributed by atoms with Gasteiger partial charge in [0.05, 0.1) is 18.0 Å². The molecule has 1 fully saturated rings. The number of sulfonamides is 1. The molecule has 1 amide bonds. The van der Waals surface area contributed by atoms with E-state index in [2.05, 4.69) is 5.32 Å². The molecule has 0 bridgehead atoms. The molecule has 32 heavy (non-hydrogen) atoms. The average molecular weight is 453 g/mol. The van der Waals surface area contributed by atoms with Crippen LogP contribution in [0.25, 0.3) is 10.8 Å². The van der Waals surface area contributed by atoms with Gasteiger partial charge in [0.25, 0.3) is 0 Å². The predicted octanol–water partition coefficient (Wildman–Crippen LogP) is 4.13. The van der Waals surface area contributed by atoms with Crippen LogP contribution in [0, 0.1) is 5.92 Å². The molecule has 1 aliphatic heterocycles. The predicted molar refractivity (Wildman–Crippen MR) is 125 cm³/mol. The van der Waals surface area contributed by atoms with E-state index in [-0.39, 0.29) is 17.9 Å². The smallest absolute Gasteiger partial charge is 0.243 e. The molecule has 7 heteroatoms. The number of ether oxygens (including phenoxy) is 1. The van der Waals surface area contributed by atoms with Gasteiger partial charge in [0.1, 0.15) is 5.75 Å². The van der Waals surface area contributed by atoms with Crippen molar-refractivity contribution in [3.05, 3.63) is 72.3 Å². The maximum absolute atomic E-state index is 13.2. The molecule has 0 saturated carbocycles. The number of para-hydroxylation sites is 1. The molecule has 1 heterocycles. The monoisotopic (exact) mass is 452 g/mol. The molecule has 1 saturated heterocycles. The summed E-state index contributed by atoms with van der Waals surface area (Å²) in [5, 5.41) is 4.96. The Kier molecular flexibility index (Phi) is 6.48. The van der Waals surface area contributed by atoms with E-state index >= 15 is 0 Å². The number of benzene rings is 3. The zero-order chi connectivity index (χ0) is 22.7. The fourth-order valence-corrected chi connectivity index (χ4v) is 5.77. The fourth-order valence-electron chi connectivity index (χ4n) is 4.27. The van der Waals surface area contributed by atoms with E-state index < -0.39 is 10.0 Å². The number of amides is 1. The number of hydrogen-bond donors (Lipinski definition) is 1. The summed E-state index contributed by atoms with van der Waals surface area (Å²) in [7, 11) is -1.98. The Bertz CT molecular complexity index is 1220. The first-order valence-corrected chi connectivity index (χ1v) is 12.3. The van der Waals surface area contributed by atoms with Crippen LogP contribution in [-0.4, -0.2) is 38.8 Å². The van der Waals surface area contributed by atoms with E-state index in [0.29, 0.717) is 30.8 Å². The lowest BCUT2D eigenvalue weighted by Crippen LogP contribution is -2.43. The van der Waals surface area contributed by atoms with Crippen molar-refractivity contribution in [2.24, 2.45) is 5.92 Å². The third kappa shape index (κ3) is 4.49. The van der Waals surface area contributed by atoms with Gasteiger partial charge in [-0.3, -0.25) is 4.79 Å². The zero-order valence-corrected chi connectivity index (χ0v) is 19.1. The lowest BCUT2D eigenvalue weighted by molar-refractivity contribution is -0.126. The lowest BCUT2D eigenvalue weighted by Gasteiger charge is -2.31. The largest absolute Gasteiger partial charge is 0.496 e. The molecule has 0 unspecified atom stereocenters. The van der Waals surface area contributed by atoms with Crippen LogP contribution in [0.15, 0.2) is 71.6 Å². The molecule has 1 N–H and O–H groups in total. The van der Waals surface area contributed by atoms with Crippen molar-refractivity contribution >= 4 is 26.7 Å². The minimum Gasteiger partial charge on any atom is -0.496 e. The fraction of sp³-hybridized carbons (Fsp3) is 0.320. The van der Waals surface area contributed by atoms with Crippen LogP contribution in [0.1, 0.15) is 31.4 Å². The van der Waals surface area contributed by atoms with Crippen molar-refractivity contribution in [3.63, 3.8) is 0 Å². The van der Waals surface area contributed by atoms with Crippen LogP contribution >= 0.6 is 0 Å². The number of fused-ring (bicyclic) bond motifs is 1. The van der Waals surface area contributed by atoms with Gasteiger partial charge in [-0.1, -0.05) is 48.5 Å². The molecule has 0 radical (unpaired) electrons. The van der Waals surface area contributed by atoms with Gasteiger partial charge < -0.3 is 10.1 Å². The van der Waals surface area contributed by atoms with E-state index in [1.54, 1.807) is 19.2 Å². The molecular weight excluding hydrogens is 424 g/mol. The first-order valence-electron chi connectivity index (χ1n) is 10.8. The Balaban J connectivity index is 1.40. The zero-order valence-electron chi connectivity index (χ0n) is 18.3. The van der Waals surface area contributed by atoms with Crippen LogP contribution in [0.3, 0.4) is 0 Å². The molecule has 0 spiro atoms. The van der Waals surface area contributed by atoms with E-state index in [9.17, 15) is 13.2 Å². The second-order valence-corrected chi connectivity index (χ2v) is 10.1. The van der Waals surface area contributed by atoms with Gasteiger partial charge in [0, 0.05) is 24.6 Å². The van der Waals surface area contributed by atoms with Crippen LogP contribution in [-0.2, 0) is 14.8 Å². The Morgan fingerprint density at radius 2 is 1.66 bits per heavy atom. The maximum atomic E-state index is 13.2. The summed E-state index contributed by atoms with van der Waals surface area (Å²) in [6.07, 6.45) is 0.995. The van der Waals surface area contributed by atoms with Crippen molar-refractivity contribution in [2.45, 2.75) is 30.7 Å². The van der Waals surface area contributed by atoms with Crippen LogP contribution < -0.4 is 10.1 Å². The van der Waals surface area contributed by atoms with Crippen LogP contribution in [0.5, 0.6) is 5.75 Å². The molecule has 3 aromatic rings. The first-order chi connectivity index (χ1) is 15.4. The second-order valence-electron chi connectivity index (χ2n) is 8.16. The molecule has 3 aromatic carbocycles. The summed E-state index contributed by atoms with van der Waals surface area (Å²) in [4.78, 5) is 13.1. The van der Waals surface area contributed by atoms with Crippen molar-refractivity contribution in [1.29, 1.82) is 0 Å². The van der Waals surface area contributed by atoms with Gasteiger partial charge in [-0.25, -0.2) is 8.42 Å². The molecule has 0 aliphatic carbocycles. The lowest BCUT2D eigenvalue weighted by atomic mass is 9.96. The Morgan fingerprint density at radius 1 is 1.00 bits per heavy atom. The van der Waals surface area contributed by atoms with Gasteiger partial charge >= 0.3 is 0 Å². The highest BCUT2D eigenvalue weighted by Gasteiger charge is 2.32. The van der Waals surface area contributed by atoms with Crippen molar-refractivity contribution in [2.75, 3.05) is 20.2 Å². The van der Waals surface area contributed by atoms with Crippen molar-refractivity contribution in [3.8, 4) is 5.75 Å². The van der Waals surface area contributed by atoms with E-state index in [4.69, 9.17) is 4.74 Å². The highest BCUT2D eigenvalue weighted by atomic mass is 32.2. The molecular formula is C25H28N2O4S. The molecule has 168 valence electrons. The van der Waals surface area contributed by atoms with Gasteiger partial charge in [-0.05, 0) is 48.7 Å². The Morgan fingerprint density at radius 3 is 2.38 bits per heavy atom. The van der Waals surface area contributed by atoms with Gasteiger partial charge in [0.15, 0.2) is 0 Å². The molecule has 0 aromatic heterocycles. The maximum Gasteiger partial charge on any atom is 0.243 e. The van der Waals surface area contributed by atoms with E-state index in [1.165, 1.54) is 4.31 Å². The highest BCUT2D eigenvalue weighted by molar-refractivity contribution is 7.89. The standard InChI is InChI=1S/C25H28N2O4S/c1-18(23-9-5-6-10-24(23)31-2)26-25(28)20-13-15-27(16-14-20)32(29,30)22-12-11-19-7-3-4-8-21(19)17-22/h3-12,17-18,20H,13-16H2,1-2H3,(H,26,28)/t18-/m1/s1. The quantitative estimate of drug-likeness (QED) is 0.610. The number of methoxy groups -OCH3 is 1. The summed E-state index contributed by atoms with van der Waals surface area (Å²) in [5.74, 6) is 0.470. The van der Waals surface area contributed by atoms with Gasteiger partial charge in [-0.15, -0.1) is 0 Å². The number of carbonyl (C=O) groups is 1. The van der Waals surface area contributed by atoms with Gasteiger partial charge in [-0.2, -0.15) is 4.31 Å². The minimum atomic E-state index is -3.59. The summed E-state index contributed by atoms with van der Waals surface area (Å²) in [6.45, 7) is 2.58. The number of carbonyl (C=O) groups excluding carboxylic acids is 1. The minimum absolute atomic E-state index is 0.0499.